The quantitative estimate of drug-likeness (QED) is 0.772. The second-order valence-corrected chi connectivity index (χ2v) is 8.20. The lowest BCUT2D eigenvalue weighted by molar-refractivity contribution is 0.108. The van der Waals surface area contributed by atoms with E-state index in [1.165, 1.54) is 11.1 Å². The van der Waals surface area contributed by atoms with E-state index in [1.807, 2.05) is 12.1 Å². The topological polar surface area (TPSA) is 21.7 Å². The van der Waals surface area contributed by atoms with Gasteiger partial charge < -0.3 is 9.47 Å². The molecule has 5 rings (SSSR count). The number of benzene rings is 2. The normalized spacial score (nSPS) is 27.4. The van der Waals surface area contributed by atoms with Crippen molar-refractivity contribution in [2.45, 2.75) is 44.1 Å². The Kier molecular flexibility index (Phi) is 4.12. The fraction of sp³-hybridized carbons (Fsp3) is 0.478. The highest BCUT2D eigenvalue weighted by atomic mass is 19.1. The molecule has 142 valence electrons. The average molecular weight is 367 g/mol. The Morgan fingerprint density at radius 1 is 1.11 bits per heavy atom. The van der Waals surface area contributed by atoms with Crippen LogP contribution in [0.25, 0.3) is 0 Å². The lowest BCUT2D eigenvalue weighted by atomic mass is 9.76. The SMILES string of the molecule is CC1(N2CCC(c3ccccc3F)C2)CCCc2c1ccc1c2OCCO1. The maximum Gasteiger partial charge on any atom is 0.164 e. The molecule has 1 saturated heterocycles. The van der Waals surface area contributed by atoms with Crippen LogP contribution in [0.4, 0.5) is 4.39 Å². The maximum atomic E-state index is 14.3. The molecule has 2 atom stereocenters. The highest BCUT2D eigenvalue weighted by molar-refractivity contribution is 5.54. The van der Waals surface area contributed by atoms with Gasteiger partial charge in [0.05, 0.1) is 0 Å². The van der Waals surface area contributed by atoms with Gasteiger partial charge in [0.15, 0.2) is 11.5 Å². The zero-order valence-electron chi connectivity index (χ0n) is 15.8. The van der Waals surface area contributed by atoms with E-state index in [9.17, 15) is 4.39 Å². The second-order valence-electron chi connectivity index (χ2n) is 8.20. The molecular formula is C23H26FNO2. The zero-order chi connectivity index (χ0) is 18.4. The summed E-state index contributed by atoms with van der Waals surface area (Å²) in [5, 5.41) is 0. The van der Waals surface area contributed by atoms with Crippen molar-refractivity contribution >= 4 is 0 Å². The van der Waals surface area contributed by atoms with Crippen molar-refractivity contribution < 1.29 is 13.9 Å². The highest BCUT2D eigenvalue weighted by Gasteiger charge is 2.43. The fourth-order valence-electron chi connectivity index (χ4n) is 5.27. The van der Waals surface area contributed by atoms with E-state index in [2.05, 4.69) is 24.0 Å². The number of hydrogen-bond donors (Lipinski definition) is 0. The average Bonchev–Trinajstić information content (AvgIpc) is 3.19. The van der Waals surface area contributed by atoms with Gasteiger partial charge in [0, 0.05) is 23.6 Å². The Hall–Kier alpha value is -2.07. The fourth-order valence-corrected chi connectivity index (χ4v) is 5.27. The Balaban J connectivity index is 1.47. The number of halogens is 1. The van der Waals surface area contributed by atoms with Crippen LogP contribution in [0.3, 0.4) is 0 Å². The molecule has 3 nitrogen and oxygen atoms in total. The molecule has 0 bridgehead atoms. The molecule has 4 heteroatoms. The number of nitrogens with zero attached hydrogens (tertiary/aromatic N) is 1. The van der Waals surface area contributed by atoms with Gasteiger partial charge in [-0.1, -0.05) is 24.3 Å². The Bertz CT molecular complexity index is 867. The van der Waals surface area contributed by atoms with E-state index in [0.29, 0.717) is 13.2 Å². The summed E-state index contributed by atoms with van der Waals surface area (Å²) in [6.07, 6.45) is 4.33. The van der Waals surface area contributed by atoms with Crippen molar-refractivity contribution in [3.05, 3.63) is 58.9 Å². The van der Waals surface area contributed by atoms with Gasteiger partial charge in [0.1, 0.15) is 19.0 Å². The first-order valence-electron chi connectivity index (χ1n) is 10.1. The van der Waals surface area contributed by atoms with Crippen molar-refractivity contribution in [1.82, 2.24) is 4.90 Å². The van der Waals surface area contributed by atoms with E-state index in [0.717, 1.165) is 55.8 Å². The largest absolute Gasteiger partial charge is 0.486 e. The monoisotopic (exact) mass is 367 g/mol. The summed E-state index contributed by atoms with van der Waals surface area (Å²) in [6, 6.07) is 11.6. The Labute approximate surface area is 160 Å². The van der Waals surface area contributed by atoms with Crippen LogP contribution in [0.2, 0.25) is 0 Å². The summed E-state index contributed by atoms with van der Waals surface area (Å²) in [6.45, 7) is 5.51. The van der Waals surface area contributed by atoms with Gasteiger partial charge in [-0.3, -0.25) is 4.90 Å². The van der Waals surface area contributed by atoms with Gasteiger partial charge in [-0.15, -0.1) is 0 Å². The molecule has 2 aliphatic heterocycles. The minimum Gasteiger partial charge on any atom is -0.486 e. The standard InChI is InChI=1S/C23H26FNO2/c1-23(25-12-10-16(15-25)17-5-2-3-7-20(17)24)11-4-6-18-19(23)8-9-21-22(18)27-14-13-26-21/h2-3,5,7-9,16H,4,6,10-15H2,1H3. The first-order valence-corrected chi connectivity index (χ1v) is 10.1. The third-order valence-corrected chi connectivity index (χ3v) is 6.71. The first kappa shape index (κ1) is 17.1. The lowest BCUT2D eigenvalue weighted by Gasteiger charge is -2.44. The van der Waals surface area contributed by atoms with Gasteiger partial charge in [0.25, 0.3) is 0 Å². The minimum absolute atomic E-state index is 0.0244. The minimum atomic E-state index is -0.0711. The van der Waals surface area contributed by atoms with Crippen molar-refractivity contribution in [3.8, 4) is 11.5 Å². The molecule has 0 radical (unpaired) electrons. The van der Waals surface area contributed by atoms with E-state index < -0.39 is 0 Å². The van der Waals surface area contributed by atoms with Gasteiger partial charge in [-0.05, 0) is 62.4 Å². The summed E-state index contributed by atoms with van der Waals surface area (Å²) in [5.41, 5.74) is 3.52. The predicted octanol–water partition coefficient (Wildman–Crippen LogP) is 4.64. The summed E-state index contributed by atoms with van der Waals surface area (Å²) in [5.74, 6) is 2.04. The van der Waals surface area contributed by atoms with Crippen LogP contribution in [0.5, 0.6) is 11.5 Å². The van der Waals surface area contributed by atoms with Crippen molar-refractivity contribution in [2.75, 3.05) is 26.3 Å². The number of rotatable bonds is 2. The van der Waals surface area contributed by atoms with Crippen molar-refractivity contribution in [3.63, 3.8) is 0 Å². The molecule has 2 heterocycles. The van der Waals surface area contributed by atoms with Gasteiger partial charge in [0.2, 0.25) is 0 Å². The molecular weight excluding hydrogens is 341 g/mol. The van der Waals surface area contributed by atoms with Crippen molar-refractivity contribution in [1.29, 1.82) is 0 Å². The Morgan fingerprint density at radius 3 is 2.85 bits per heavy atom. The molecule has 2 unspecified atom stereocenters. The van der Waals surface area contributed by atoms with E-state index >= 15 is 0 Å². The van der Waals surface area contributed by atoms with Crippen molar-refractivity contribution in [2.24, 2.45) is 0 Å². The van der Waals surface area contributed by atoms with Crippen LogP contribution in [0.1, 0.15) is 48.8 Å². The smallest absolute Gasteiger partial charge is 0.164 e. The molecule has 2 aromatic carbocycles. The Morgan fingerprint density at radius 2 is 1.96 bits per heavy atom. The van der Waals surface area contributed by atoms with Gasteiger partial charge in [-0.2, -0.15) is 0 Å². The summed E-state index contributed by atoms with van der Waals surface area (Å²) in [4.78, 5) is 2.57. The molecule has 0 aromatic heterocycles. The number of ether oxygens (including phenoxy) is 2. The van der Waals surface area contributed by atoms with Gasteiger partial charge >= 0.3 is 0 Å². The molecule has 0 saturated carbocycles. The molecule has 0 amide bonds. The van der Waals surface area contributed by atoms with Crippen LogP contribution in [0, 0.1) is 5.82 Å². The molecule has 3 aliphatic rings. The number of hydrogen-bond acceptors (Lipinski definition) is 3. The predicted molar refractivity (Wildman–Crippen MR) is 103 cm³/mol. The molecule has 0 N–H and O–H groups in total. The second kappa shape index (κ2) is 6.52. The molecule has 1 fully saturated rings. The van der Waals surface area contributed by atoms with E-state index in [4.69, 9.17) is 9.47 Å². The van der Waals surface area contributed by atoms with E-state index in [1.54, 1.807) is 12.1 Å². The number of likely N-dealkylation sites (tertiary alicyclic amines) is 1. The third-order valence-electron chi connectivity index (χ3n) is 6.71. The first-order chi connectivity index (χ1) is 13.2. The maximum absolute atomic E-state index is 14.3. The van der Waals surface area contributed by atoms with Gasteiger partial charge in [-0.25, -0.2) is 4.39 Å². The molecule has 1 aliphatic carbocycles. The lowest BCUT2D eigenvalue weighted by Crippen LogP contribution is -2.45. The number of fused-ring (bicyclic) bond motifs is 3. The highest BCUT2D eigenvalue weighted by Crippen LogP contribution is 2.49. The molecule has 2 aromatic rings. The van der Waals surface area contributed by atoms with Crippen LogP contribution in [0.15, 0.2) is 36.4 Å². The molecule has 27 heavy (non-hydrogen) atoms. The summed E-state index contributed by atoms with van der Waals surface area (Å²) in [7, 11) is 0. The molecule has 0 spiro atoms. The van der Waals surface area contributed by atoms with Crippen LogP contribution in [-0.2, 0) is 12.0 Å². The third kappa shape index (κ3) is 2.73. The summed E-state index contributed by atoms with van der Waals surface area (Å²) >= 11 is 0. The van der Waals surface area contributed by atoms with Crippen LogP contribution < -0.4 is 9.47 Å². The summed E-state index contributed by atoms with van der Waals surface area (Å²) < 4.78 is 26.1. The van der Waals surface area contributed by atoms with Crippen LogP contribution >= 0.6 is 0 Å². The zero-order valence-corrected chi connectivity index (χ0v) is 15.8. The van der Waals surface area contributed by atoms with E-state index in [-0.39, 0.29) is 17.3 Å². The van der Waals surface area contributed by atoms with Crippen LogP contribution in [-0.4, -0.2) is 31.2 Å².